The van der Waals surface area contributed by atoms with Crippen molar-refractivity contribution in [2.24, 2.45) is 5.92 Å². The van der Waals surface area contributed by atoms with Crippen LogP contribution in [0, 0.1) is 11.7 Å². The maximum Gasteiger partial charge on any atom is 0.124 e. The number of ether oxygens (including phenoxy) is 2. The lowest BCUT2D eigenvalue weighted by Gasteiger charge is -2.17. The molecule has 0 saturated carbocycles. The third kappa shape index (κ3) is 5.57. The van der Waals surface area contributed by atoms with E-state index in [2.05, 4.69) is 19.2 Å². The van der Waals surface area contributed by atoms with Gasteiger partial charge in [-0.1, -0.05) is 13.8 Å². The molecule has 0 aromatic heterocycles. The summed E-state index contributed by atoms with van der Waals surface area (Å²) < 4.78 is 24.4. The van der Waals surface area contributed by atoms with Crippen molar-refractivity contribution in [1.82, 2.24) is 5.32 Å². The summed E-state index contributed by atoms with van der Waals surface area (Å²) in [5, 5.41) is 3.09. The van der Waals surface area contributed by atoms with Crippen LogP contribution in [0.5, 0.6) is 5.75 Å². The SMILES string of the molecule is CNC(C)c1cc(F)ccc1OCCOCC(C)C. The fourth-order valence-electron chi connectivity index (χ4n) is 1.67. The highest BCUT2D eigenvalue weighted by molar-refractivity contribution is 5.36. The maximum absolute atomic E-state index is 13.3. The molecule has 19 heavy (non-hydrogen) atoms. The summed E-state index contributed by atoms with van der Waals surface area (Å²) in [7, 11) is 1.84. The number of benzene rings is 1. The second-order valence-corrected chi connectivity index (χ2v) is 5.01. The lowest BCUT2D eigenvalue weighted by Crippen LogP contribution is -2.16. The van der Waals surface area contributed by atoms with Gasteiger partial charge in [0.2, 0.25) is 0 Å². The molecule has 108 valence electrons. The number of rotatable bonds is 8. The van der Waals surface area contributed by atoms with Crippen molar-refractivity contribution in [2.75, 3.05) is 26.9 Å². The van der Waals surface area contributed by atoms with Crippen LogP contribution in [0.15, 0.2) is 18.2 Å². The van der Waals surface area contributed by atoms with Gasteiger partial charge in [-0.05, 0) is 38.1 Å². The standard InChI is InChI=1S/C15H24FNO2/c1-11(2)10-18-7-8-19-15-6-5-13(16)9-14(15)12(3)17-4/h5-6,9,11-12,17H,7-8,10H2,1-4H3. The highest BCUT2D eigenvalue weighted by Crippen LogP contribution is 2.25. The normalized spacial score (nSPS) is 12.7. The minimum absolute atomic E-state index is 0.0438. The van der Waals surface area contributed by atoms with E-state index in [9.17, 15) is 4.39 Å². The van der Waals surface area contributed by atoms with E-state index in [-0.39, 0.29) is 11.9 Å². The van der Waals surface area contributed by atoms with Gasteiger partial charge in [-0.2, -0.15) is 0 Å². The van der Waals surface area contributed by atoms with Crippen molar-refractivity contribution in [3.05, 3.63) is 29.6 Å². The molecule has 1 unspecified atom stereocenters. The van der Waals surface area contributed by atoms with Gasteiger partial charge < -0.3 is 14.8 Å². The Morgan fingerprint density at radius 2 is 1.95 bits per heavy atom. The minimum atomic E-state index is -0.250. The van der Waals surface area contributed by atoms with E-state index < -0.39 is 0 Å². The van der Waals surface area contributed by atoms with E-state index >= 15 is 0 Å². The first-order valence-electron chi connectivity index (χ1n) is 6.71. The maximum atomic E-state index is 13.3. The molecular formula is C15H24FNO2. The molecule has 1 N–H and O–H groups in total. The molecule has 0 fully saturated rings. The highest BCUT2D eigenvalue weighted by Gasteiger charge is 2.11. The molecule has 1 aromatic carbocycles. The monoisotopic (exact) mass is 269 g/mol. The summed E-state index contributed by atoms with van der Waals surface area (Å²) >= 11 is 0. The van der Waals surface area contributed by atoms with Gasteiger partial charge >= 0.3 is 0 Å². The molecule has 1 aromatic rings. The van der Waals surface area contributed by atoms with Crippen molar-refractivity contribution in [3.63, 3.8) is 0 Å². The van der Waals surface area contributed by atoms with Crippen LogP contribution in [0.2, 0.25) is 0 Å². The van der Waals surface area contributed by atoms with Crippen LogP contribution < -0.4 is 10.1 Å². The fourth-order valence-corrected chi connectivity index (χ4v) is 1.67. The van der Waals surface area contributed by atoms with E-state index in [0.29, 0.717) is 24.9 Å². The smallest absolute Gasteiger partial charge is 0.124 e. The Bertz CT molecular complexity index is 382. The molecule has 0 bridgehead atoms. The quantitative estimate of drug-likeness (QED) is 0.735. The molecule has 1 atom stereocenters. The molecule has 0 aliphatic carbocycles. The van der Waals surface area contributed by atoms with Gasteiger partial charge in [0.1, 0.15) is 18.2 Å². The van der Waals surface area contributed by atoms with Crippen molar-refractivity contribution >= 4 is 0 Å². The van der Waals surface area contributed by atoms with Crippen molar-refractivity contribution < 1.29 is 13.9 Å². The summed E-state index contributed by atoms with van der Waals surface area (Å²) in [5.74, 6) is 0.975. The summed E-state index contributed by atoms with van der Waals surface area (Å²) in [5.41, 5.74) is 0.825. The van der Waals surface area contributed by atoms with Gasteiger partial charge in [-0.3, -0.25) is 0 Å². The zero-order chi connectivity index (χ0) is 14.3. The summed E-state index contributed by atoms with van der Waals surface area (Å²) in [6, 6.07) is 4.63. The van der Waals surface area contributed by atoms with Crippen LogP contribution in [0.25, 0.3) is 0 Å². The first kappa shape index (κ1) is 15.9. The minimum Gasteiger partial charge on any atom is -0.491 e. The predicted octanol–water partition coefficient (Wildman–Crippen LogP) is 3.16. The van der Waals surface area contributed by atoms with E-state index in [1.807, 2.05) is 14.0 Å². The van der Waals surface area contributed by atoms with Gasteiger partial charge in [-0.25, -0.2) is 4.39 Å². The van der Waals surface area contributed by atoms with Crippen LogP contribution in [0.1, 0.15) is 32.4 Å². The summed E-state index contributed by atoms with van der Waals surface area (Å²) in [6.45, 7) is 7.93. The van der Waals surface area contributed by atoms with Crippen LogP contribution in [-0.4, -0.2) is 26.9 Å². The zero-order valence-corrected chi connectivity index (χ0v) is 12.2. The van der Waals surface area contributed by atoms with Crippen LogP contribution in [-0.2, 0) is 4.74 Å². The van der Waals surface area contributed by atoms with E-state index in [1.54, 1.807) is 6.07 Å². The lowest BCUT2D eigenvalue weighted by atomic mass is 10.1. The molecule has 0 spiro atoms. The Morgan fingerprint density at radius 3 is 2.58 bits per heavy atom. The molecular weight excluding hydrogens is 245 g/mol. The Hall–Kier alpha value is -1.13. The molecule has 0 aliphatic rings. The number of hydrogen-bond acceptors (Lipinski definition) is 3. The van der Waals surface area contributed by atoms with Gasteiger partial charge in [0.15, 0.2) is 0 Å². The Balaban J connectivity index is 2.53. The molecule has 3 nitrogen and oxygen atoms in total. The van der Waals surface area contributed by atoms with Gasteiger partial charge in [0.05, 0.1) is 6.61 Å². The third-order valence-corrected chi connectivity index (χ3v) is 2.81. The molecule has 0 saturated heterocycles. The third-order valence-electron chi connectivity index (χ3n) is 2.81. The van der Waals surface area contributed by atoms with Crippen LogP contribution >= 0.6 is 0 Å². The summed E-state index contributed by atoms with van der Waals surface area (Å²) in [4.78, 5) is 0. The number of halogens is 1. The van der Waals surface area contributed by atoms with Crippen LogP contribution in [0.3, 0.4) is 0 Å². The zero-order valence-electron chi connectivity index (χ0n) is 12.2. The Kier molecular flexibility index (Phi) is 6.81. The van der Waals surface area contributed by atoms with E-state index in [1.165, 1.54) is 12.1 Å². The number of nitrogens with one attached hydrogen (secondary N) is 1. The van der Waals surface area contributed by atoms with E-state index in [0.717, 1.165) is 12.2 Å². The van der Waals surface area contributed by atoms with E-state index in [4.69, 9.17) is 9.47 Å². The van der Waals surface area contributed by atoms with Gasteiger partial charge in [0.25, 0.3) is 0 Å². The molecule has 1 rings (SSSR count). The fraction of sp³-hybridized carbons (Fsp3) is 0.600. The average Bonchev–Trinajstić information content (AvgIpc) is 2.38. The largest absolute Gasteiger partial charge is 0.491 e. The molecule has 0 aliphatic heterocycles. The predicted molar refractivity (Wildman–Crippen MR) is 75.0 cm³/mol. The lowest BCUT2D eigenvalue weighted by molar-refractivity contribution is 0.0815. The topological polar surface area (TPSA) is 30.5 Å². The second kappa shape index (κ2) is 8.12. The van der Waals surface area contributed by atoms with Crippen molar-refractivity contribution in [2.45, 2.75) is 26.8 Å². The molecule has 0 radical (unpaired) electrons. The van der Waals surface area contributed by atoms with Gasteiger partial charge in [0, 0.05) is 18.2 Å². The average molecular weight is 269 g/mol. The first-order chi connectivity index (χ1) is 9.04. The van der Waals surface area contributed by atoms with Gasteiger partial charge in [-0.15, -0.1) is 0 Å². The first-order valence-corrected chi connectivity index (χ1v) is 6.71. The van der Waals surface area contributed by atoms with Crippen molar-refractivity contribution in [3.8, 4) is 5.75 Å². The number of hydrogen-bond donors (Lipinski definition) is 1. The molecule has 4 heteroatoms. The second-order valence-electron chi connectivity index (χ2n) is 5.01. The van der Waals surface area contributed by atoms with Crippen LogP contribution in [0.4, 0.5) is 4.39 Å². The Labute approximate surface area is 115 Å². The summed E-state index contributed by atoms with van der Waals surface area (Å²) in [6.07, 6.45) is 0. The highest BCUT2D eigenvalue weighted by atomic mass is 19.1. The van der Waals surface area contributed by atoms with Crippen molar-refractivity contribution in [1.29, 1.82) is 0 Å². The molecule has 0 amide bonds. The Morgan fingerprint density at radius 1 is 1.21 bits per heavy atom. The molecule has 0 heterocycles.